The zero-order valence-corrected chi connectivity index (χ0v) is 7.97. The molecule has 0 atom stereocenters. The maximum atomic E-state index is 10.5. The lowest BCUT2D eigenvalue weighted by atomic mass is 10.3. The van der Waals surface area contributed by atoms with Gasteiger partial charge in [-0.25, -0.2) is 0 Å². The van der Waals surface area contributed by atoms with Gasteiger partial charge in [-0.15, -0.1) is 10.2 Å². The molecule has 6 heteroatoms. The number of aliphatic hydroxyl groups excluding tert-OH is 1. The van der Waals surface area contributed by atoms with Crippen LogP contribution in [0.15, 0.2) is 0 Å². The van der Waals surface area contributed by atoms with Crippen LogP contribution in [0.4, 0.5) is 0 Å². The van der Waals surface area contributed by atoms with Crippen molar-refractivity contribution in [3.63, 3.8) is 0 Å². The number of carboxylic acids is 1. The number of rotatable bonds is 5. The molecule has 0 fully saturated rings. The average molecular weight is 199 g/mol. The predicted octanol–water partition coefficient (Wildman–Crippen LogP) is -0.404. The van der Waals surface area contributed by atoms with E-state index >= 15 is 0 Å². The number of aliphatic hydroxyl groups is 1. The molecular formula is C8H13N3O3. The van der Waals surface area contributed by atoms with Crippen LogP contribution in [0.3, 0.4) is 0 Å². The van der Waals surface area contributed by atoms with Gasteiger partial charge in [-0.2, -0.15) is 0 Å². The van der Waals surface area contributed by atoms with Crippen molar-refractivity contribution in [3.8, 4) is 0 Å². The molecule has 14 heavy (non-hydrogen) atoms. The van der Waals surface area contributed by atoms with Gasteiger partial charge in [0.05, 0.1) is 0 Å². The zero-order chi connectivity index (χ0) is 10.6. The van der Waals surface area contributed by atoms with E-state index in [1.165, 1.54) is 4.57 Å². The SMILES string of the molecule is Cc1nnc(CCCO)n1CC(=O)O. The van der Waals surface area contributed by atoms with E-state index in [1.54, 1.807) is 6.92 Å². The molecule has 6 nitrogen and oxygen atoms in total. The first-order valence-electron chi connectivity index (χ1n) is 4.36. The molecular weight excluding hydrogens is 186 g/mol. The Bertz CT molecular complexity index is 322. The Balaban J connectivity index is 2.77. The van der Waals surface area contributed by atoms with Gasteiger partial charge in [0.2, 0.25) is 0 Å². The number of carbonyl (C=O) groups is 1. The van der Waals surface area contributed by atoms with E-state index in [0.717, 1.165) is 0 Å². The van der Waals surface area contributed by atoms with Crippen LogP contribution in [0.25, 0.3) is 0 Å². The van der Waals surface area contributed by atoms with E-state index < -0.39 is 5.97 Å². The van der Waals surface area contributed by atoms with Crippen LogP contribution in [0.5, 0.6) is 0 Å². The molecule has 0 spiro atoms. The van der Waals surface area contributed by atoms with Crippen molar-refractivity contribution in [1.82, 2.24) is 14.8 Å². The molecule has 0 aliphatic heterocycles. The third kappa shape index (κ3) is 2.53. The quantitative estimate of drug-likeness (QED) is 0.673. The van der Waals surface area contributed by atoms with Crippen LogP contribution in [-0.4, -0.2) is 37.6 Å². The van der Waals surface area contributed by atoms with E-state index in [2.05, 4.69) is 10.2 Å². The first kappa shape index (κ1) is 10.6. The highest BCUT2D eigenvalue weighted by Crippen LogP contribution is 2.03. The second-order valence-electron chi connectivity index (χ2n) is 2.97. The lowest BCUT2D eigenvalue weighted by Crippen LogP contribution is -2.13. The summed E-state index contributed by atoms with van der Waals surface area (Å²) in [4.78, 5) is 10.5. The van der Waals surface area contributed by atoms with Crippen LogP contribution >= 0.6 is 0 Å². The number of aryl methyl sites for hydroxylation is 2. The molecule has 1 rings (SSSR count). The van der Waals surface area contributed by atoms with Gasteiger partial charge in [-0.05, 0) is 13.3 Å². The largest absolute Gasteiger partial charge is 0.480 e. The summed E-state index contributed by atoms with van der Waals surface area (Å²) >= 11 is 0. The van der Waals surface area contributed by atoms with Gasteiger partial charge in [0, 0.05) is 13.0 Å². The summed E-state index contributed by atoms with van der Waals surface area (Å²) in [7, 11) is 0. The second kappa shape index (κ2) is 4.71. The van der Waals surface area contributed by atoms with Gasteiger partial charge in [-0.1, -0.05) is 0 Å². The minimum Gasteiger partial charge on any atom is -0.480 e. The molecule has 0 aromatic carbocycles. The number of nitrogens with zero attached hydrogens (tertiary/aromatic N) is 3. The Morgan fingerprint density at radius 3 is 2.79 bits per heavy atom. The van der Waals surface area contributed by atoms with Crippen molar-refractivity contribution >= 4 is 5.97 Å². The fourth-order valence-electron chi connectivity index (χ4n) is 1.19. The molecule has 0 unspecified atom stereocenters. The standard InChI is InChI=1S/C8H13N3O3/c1-6-9-10-7(3-2-4-12)11(6)5-8(13)14/h12H,2-5H2,1H3,(H,13,14). The van der Waals surface area contributed by atoms with Crippen LogP contribution in [0.2, 0.25) is 0 Å². The number of aliphatic carboxylic acids is 1. The Hall–Kier alpha value is -1.43. The second-order valence-corrected chi connectivity index (χ2v) is 2.97. The van der Waals surface area contributed by atoms with Crippen molar-refractivity contribution < 1.29 is 15.0 Å². The van der Waals surface area contributed by atoms with Gasteiger partial charge < -0.3 is 14.8 Å². The molecule has 78 valence electrons. The van der Waals surface area contributed by atoms with E-state index in [-0.39, 0.29) is 13.2 Å². The third-order valence-electron chi connectivity index (χ3n) is 1.86. The fraction of sp³-hybridized carbons (Fsp3) is 0.625. The minimum atomic E-state index is -0.918. The van der Waals surface area contributed by atoms with Crippen LogP contribution in [-0.2, 0) is 17.8 Å². The number of carboxylic acid groups (broad SMARTS) is 1. The van der Waals surface area contributed by atoms with Crippen LogP contribution < -0.4 is 0 Å². The summed E-state index contributed by atoms with van der Waals surface area (Å²) < 4.78 is 1.54. The van der Waals surface area contributed by atoms with Gasteiger partial charge in [-0.3, -0.25) is 4.79 Å². The summed E-state index contributed by atoms with van der Waals surface area (Å²) in [6.07, 6.45) is 1.11. The highest BCUT2D eigenvalue weighted by atomic mass is 16.4. The highest BCUT2D eigenvalue weighted by Gasteiger charge is 2.10. The minimum absolute atomic E-state index is 0.0684. The molecule has 0 saturated heterocycles. The van der Waals surface area contributed by atoms with Crippen molar-refractivity contribution in [3.05, 3.63) is 11.6 Å². The van der Waals surface area contributed by atoms with E-state index in [9.17, 15) is 4.79 Å². The lowest BCUT2D eigenvalue weighted by molar-refractivity contribution is -0.137. The molecule has 0 aliphatic rings. The monoisotopic (exact) mass is 199 g/mol. The van der Waals surface area contributed by atoms with Gasteiger partial charge in [0.25, 0.3) is 0 Å². The summed E-state index contributed by atoms with van der Waals surface area (Å²) in [5, 5.41) is 24.9. The Labute approximate surface area is 81.2 Å². The molecule has 1 heterocycles. The molecule has 0 saturated carbocycles. The van der Waals surface area contributed by atoms with Crippen molar-refractivity contribution in [2.45, 2.75) is 26.3 Å². The van der Waals surface area contributed by atoms with Crippen LogP contribution in [0.1, 0.15) is 18.1 Å². The van der Waals surface area contributed by atoms with Crippen molar-refractivity contribution in [2.24, 2.45) is 0 Å². The summed E-state index contributed by atoms with van der Waals surface area (Å²) in [5.74, 6) is 0.275. The van der Waals surface area contributed by atoms with E-state index in [0.29, 0.717) is 24.5 Å². The normalized spacial score (nSPS) is 10.4. The summed E-state index contributed by atoms with van der Waals surface area (Å²) in [6, 6.07) is 0. The van der Waals surface area contributed by atoms with Gasteiger partial charge >= 0.3 is 5.97 Å². The molecule has 0 amide bonds. The smallest absolute Gasteiger partial charge is 0.323 e. The number of aromatic nitrogens is 3. The fourth-order valence-corrected chi connectivity index (χ4v) is 1.19. The molecule has 0 aliphatic carbocycles. The first-order valence-corrected chi connectivity index (χ1v) is 4.36. The van der Waals surface area contributed by atoms with Crippen LogP contribution in [0, 0.1) is 6.92 Å². The van der Waals surface area contributed by atoms with Gasteiger partial charge in [0.1, 0.15) is 18.2 Å². The first-order chi connectivity index (χ1) is 6.65. The molecule has 2 N–H and O–H groups in total. The average Bonchev–Trinajstić information content (AvgIpc) is 2.45. The predicted molar refractivity (Wildman–Crippen MR) is 47.8 cm³/mol. The molecule has 1 aromatic rings. The highest BCUT2D eigenvalue weighted by molar-refractivity contribution is 5.66. The molecule has 0 radical (unpaired) electrons. The van der Waals surface area contributed by atoms with E-state index in [1.807, 2.05) is 0 Å². The van der Waals surface area contributed by atoms with E-state index in [4.69, 9.17) is 10.2 Å². The topological polar surface area (TPSA) is 88.2 Å². The zero-order valence-electron chi connectivity index (χ0n) is 7.97. The number of hydrogen-bond acceptors (Lipinski definition) is 4. The Morgan fingerprint density at radius 1 is 1.50 bits per heavy atom. The van der Waals surface area contributed by atoms with Gasteiger partial charge in [0.15, 0.2) is 0 Å². The van der Waals surface area contributed by atoms with Crippen molar-refractivity contribution in [1.29, 1.82) is 0 Å². The lowest BCUT2D eigenvalue weighted by Gasteiger charge is -2.04. The molecule has 0 bridgehead atoms. The number of hydrogen-bond donors (Lipinski definition) is 2. The maximum Gasteiger partial charge on any atom is 0.323 e. The third-order valence-corrected chi connectivity index (χ3v) is 1.86. The summed E-state index contributed by atoms with van der Waals surface area (Å²) in [5.41, 5.74) is 0. The Morgan fingerprint density at radius 2 is 2.21 bits per heavy atom. The molecule has 1 aromatic heterocycles. The maximum absolute atomic E-state index is 10.5. The summed E-state index contributed by atoms with van der Waals surface area (Å²) in [6.45, 7) is 1.65. The van der Waals surface area contributed by atoms with Crippen molar-refractivity contribution in [2.75, 3.05) is 6.61 Å². The Kier molecular flexibility index (Phi) is 3.58.